The summed E-state index contributed by atoms with van der Waals surface area (Å²) in [6.07, 6.45) is 3.99. The van der Waals surface area contributed by atoms with Gasteiger partial charge in [-0.25, -0.2) is 4.98 Å². The number of carbonyl (C=O) groups is 1. The van der Waals surface area contributed by atoms with E-state index in [2.05, 4.69) is 11.1 Å². The van der Waals surface area contributed by atoms with Crippen LogP contribution in [0.4, 0.5) is 0 Å². The second-order valence-electron chi connectivity index (χ2n) is 7.40. The number of aromatic nitrogens is 3. The summed E-state index contributed by atoms with van der Waals surface area (Å²) in [5.74, 6) is 1.81. The van der Waals surface area contributed by atoms with Crippen LogP contribution in [0.15, 0.2) is 36.5 Å². The van der Waals surface area contributed by atoms with Gasteiger partial charge in [-0.2, -0.15) is 5.10 Å². The first-order valence-corrected chi connectivity index (χ1v) is 9.87. The normalized spacial score (nSPS) is 14.9. The second kappa shape index (κ2) is 8.11. The van der Waals surface area contributed by atoms with Gasteiger partial charge in [0.05, 0.1) is 26.3 Å². The van der Waals surface area contributed by atoms with Gasteiger partial charge in [0.1, 0.15) is 0 Å². The zero-order valence-electron chi connectivity index (χ0n) is 17.1. The van der Waals surface area contributed by atoms with Crippen molar-refractivity contribution in [3.05, 3.63) is 47.8 Å². The topological polar surface area (TPSA) is 69.5 Å². The number of rotatable bonds is 5. The summed E-state index contributed by atoms with van der Waals surface area (Å²) in [6, 6.07) is 9.66. The fraction of sp³-hybridized carbons (Fsp3) is 0.409. The summed E-state index contributed by atoms with van der Waals surface area (Å²) >= 11 is 0. The van der Waals surface area contributed by atoms with Crippen LogP contribution in [0.3, 0.4) is 0 Å². The molecule has 7 nitrogen and oxygen atoms in total. The third-order valence-electron chi connectivity index (χ3n) is 5.66. The predicted octanol–water partition coefficient (Wildman–Crippen LogP) is 2.93. The van der Waals surface area contributed by atoms with E-state index in [9.17, 15) is 4.79 Å². The number of likely N-dealkylation sites (tertiary alicyclic amines) is 1. The quantitative estimate of drug-likeness (QED) is 0.666. The van der Waals surface area contributed by atoms with Crippen molar-refractivity contribution in [1.82, 2.24) is 19.7 Å². The number of benzene rings is 1. The Labute approximate surface area is 170 Å². The van der Waals surface area contributed by atoms with Crippen molar-refractivity contribution >= 4 is 16.9 Å². The van der Waals surface area contributed by atoms with E-state index in [0.717, 1.165) is 48.2 Å². The van der Waals surface area contributed by atoms with E-state index in [0.29, 0.717) is 23.8 Å². The van der Waals surface area contributed by atoms with Crippen LogP contribution in [0.2, 0.25) is 0 Å². The molecule has 0 N–H and O–H groups in total. The van der Waals surface area contributed by atoms with Crippen molar-refractivity contribution < 1.29 is 14.3 Å². The van der Waals surface area contributed by atoms with Gasteiger partial charge >= 0.3 is 0 Å². The second-order valence-corrected chi connectivity index (χ2v) is 7.40. The van der Waals surface area contributed by atoms with Crippen molar-refractivity contribution in [2.45, 2.75) is 25.2 Å². The number of hydrogen-bond acceptors (Lipinski definition) is 5. The molecule has 1 aliphatic heterocycles. The Morgan fingerprint density at radius 3 is 2.62 bits per heavy atom. The minimum Gasteiger partial charge on any atom is -0.493 e. The van der Waals surface area contributed by atoms with Gasteiger partial charge in [0.2, 0.25) is 5.91 Å². The maximum absolute atomic E-state index is 12.8. The molecule has 1 saturated heterocycles. The molecule has 0 saturated carbocycles. The first kappa shape index (κ1) is 19.2. The van der Waals surface area contributed by atoms with Crippen LogP contribution >= 0.6 is 0 Å². The van der Waals surface area contributed by atoms with Crippen molar-refractivity contribution in [2.24, 2.45) is 7.05 Å². The lowest BCUT2D eigenvalue weighted by Gasteiger charge is -2.31. The number of methoxy groups -OCH3 is 2. The molecule has 0 unspecified atom stereocenters. The summed E-state index contributed by atoms with van der Waals surface area (Å²) in [4.78, 5) is 19.2. The number of hydrogen-bond donors (Lipinski definition) is 0. The van der Waals surface area contributed by atoms with Gasteiger partial charge in [-0.05, 0) is 42.7 Å². The highest BCUT2D eigenvalue weighted by atomic mass is 16.5. The number of ether oxygens (including phenoxy) is 2. The van der Waals surface area contributed by atoms with Crippen LogP contribution in [0.25, 0.3) is 11.0 Å². The van der Waals surface area contributed by atoms with Gasteiger partial charge in [-0.1, -0.05) is 6.07 Å². The first-order valence-electron chi connectivity index (χ1n) is 9.87. The van der Waals surface area contributed by atoms with Gasteiger partial charge in [0.25, 0.3) is 0 Å². The van der Waals surface area contributed by atoms with Crippen molar-refractivity contribution in [3.63, 3.8) is 0 Å². The SMILES string of the molecule is COc1ccc(CC(=O)N2CCC(c3nn(C)c4ncccc34)CC2)cc1OC. The summed E-state index contributed by atoms with van der Waals surface area (Å²) < 4.78 is 12.5. The average Bonchev–Trinajstić information content (AvgIpc) is 3.10. The third-order valence-corrected chi connectivity index (χ3v) is 5.66. The maximum atomic E-state index is 12.8. The third kappa shape index (κ3) is 3.77. The molecule has 1 fully saturated rings. The van der Waals surface area contributed by atoms with E-state index in [4.69, 9.17) is 14.6 Å². The van der Waals surface area contributed by atoms with E-state index in [-0.39, 0.29) is 5.91 Å². The zero-order chi connectivity index (χ0) is 20.4. The Hall–Kier alpha value is -3.09. The molecule has 0 radical (unpaired) electrons. The molecule has 1 aromatic carbocycles. The van der Waals surface area contributed by atoms with Gasteiger partial charge in [-0.3, -0.25) is 9.48 Å². The largest absolute Gasteiger partial charge is 0.493 e. The van der Waals surface area contributed by atoms with E-state index < -0.39 is 0 Å². The number of carbonyl (C=O) groups excluding carboxylic acids is 1. The molecule has 152 valence electrons. The highest BCUT2D eigenvalue weighted by molar-refractivity contribution is 5.80. The van der Waals surface area contributed by atoms with Crippen LogP contribution in [-0.2, 0) is 18.3 Å². The standard InChI is InChI=1S/C22H26N4O3/c1-25-22-17(5-4-10-23-22)21(24-25)16-8-11-26(12-9-16)20(27)14-15-6-7-18(28-2)19(13-15)29-3/h4-7,10,13,16H,8-9,11-12,14H2,1-3H3. The molecule has 4 rings (SSSR count). The van der Waals surface area contributed by atoms with Crippen LogP contribution < -0.4 is 9.47 Å². The molecular formula is C22H26N4O3. The predicted molar refractivity (Wildman–Crippen MR) is 110 cm³/mol. The van der Waals surface area contributed by atoms with Crippen LogP contribution in [0, 0.1) is 0 Å². The molecule has 1 amide bonds. The first-order chi connectivity index (χ1) is 14.1. The molecule has 7 heteroatoms. The number of piperidine rings is 1. The fourth-order valence-electron chi connectivity index (χ4n) is 4.10. The number of pyridine rings is 1. The van der Waals surface area contributed by atoms with Crippen molar-refractivity contribution in [1.29, 1.82) is 0 Å². The minimum absolute atomic E-state index is 0.142. The molecule has 3 aromatic rings. The smallest absolute Gasteiger partial charge is 0.226 e. The molecule has 1 aliphatic rings. The Bertz CT molecular complexity index is 1020. The van der Waals surface area contributed by atoms with Gasteiger partial charge in [0.15, 0.2) is 17.1 Å². The van der Waals surface area contributed by atoms with Gasteiger partial charge < -0.3 is 14.4 Å². The summed E-state index contributed by atoms with van der Waals surface area (Å²) in [5, 5.41) is 5.83. The van der Waals surface area contributed by atoms with Gasteiger partial charge in [-0.15, -0.1) is 0 Å². The number of nitrogens with zero attached hydrogens (tertiary/aromatic N) is 4. The lowest BCUT2D eigenvalue weighted by atomic mass is 9.91. The van der Waals surface area contributed by atoms with Crippen LogP contribution in [0.5, 0.6) is 11.5 Å². The van der Waals surface area contributed by atoms with E-state index in [1.54, 1.807) is 20.4 Å². The monoisotopic (exact) mass is 394 g/mol. The van der Waals surface area contributed by atoms with E-state index in [1.165, 1.54) is 0 Å². The Kier molecular flexibility index (Phi) is 5.38. The molecule has 0 spiro atoms. The molecule has 2 aromatic heterocycles. The van der Waals surface area contributed by atoms with E-state index in [1.807, 2.05) is 40.9 Å². The Morgan fingerprint density at radius 2 is 1.90 bits per heavy atom. The van der Waals surface area contributed by atoms with Crippen LogP contribution in [-0.4, -0.2) is 52.9 Å². The summed E-state index contributed by atoms with van der Waals surface area (Å²) in [6.45, 7) is 1.49. The lowest BCUT2D eigenvalue weighted by Crippen LogP contribution is -2.38. The number of aryl methyl sites for hydroxylation is 1. The fourth-order valence-corrected chi connectivity index (χ4v) is 4.10. The molecule has 0 aliphatic carbocycles. The maximum Gasteiger partial charge on any atom is 0.226 e. The Balaban J connectivity index is 1.41. The molecule has 0 bridgehead atoms. The molecule has 29 heavy (non-hydrogen) atoms. The average molecular weight is 394 g/mol. The Morgan fingerprint density at radius 1 is 1.14 bits per heavy atom. The minimum atomic E-state index is 0.142. The van der Waals surface area contributed by atoms with Crippen LogP contribution in [0.1, 0.15) is 30.0 Å². The number of amides is 1. The molecule has 0 atom stereocenters. The van der Waals surface area contributed by atoms with Crippen molar-refractivity contribution in [3.8, 4) is 11.5 Å². The zero-order valence-corrected chi connectivity index (χ0v) is 17.1. The summed E-state index contributed by atoms with van der Waals surface area (Å²) in [7, 11) is 5.14. The molecular weight excluding hydrogens is 368 g/mol. The molecule has 3 heterocycles. The van der Waals surface area contributed by atoms with E-state index >= 15 is 0 Å². The highest BCUT2D eigenvalue weighted by Gasteiger charge is 2.27. The van der Waals surface area contributed by atoms with Crippen molar-refractivity contribution in [2.75, 3.05) is 27.3 Å². The summed E-state index contributed by atoms with van der Waals surface area (Å²) in [5.41, 5.74) is 2.94. The van der Waals surface area contributed by atoms with Gasteiger partial charge in [0, 0.05) is 37.6 Å². The lowest BCUT2D eigenvalue weighted by molar-refractivity contribution is -0.131. The number of fused-ring (bicyclic) bond motifs is 1. The highest BCUT2D eigenvalue weighted by Crippen LogP contribution is 2.32.